The summed E-state index contributed by atoms with van der Waals surface area (Å²) in [6, 6.07) is 6.05. The van der Waals surface area contributed by atoms with E-state index in [1.54, 1.807) is 45.0 Å². The standard InChI is InChI=1S/C17H21N5O5/c1-17(2,3)19-16(26)18-13(23)10-27-14(24)8-9-22-15(25)11-6-4-5-7-12(11)20-21-22/h4-7H,8-10H2,1-3H3,(H2,18,19,23,26). The van der Waals surface area contributed by atoms with Gasteiger partial charge in [0, 0.05) is 5.54 Å². The van der Waals surface area contributed by atoms with E-state index in [2.05, 4.69) is 20.9 Å². The number of benzene rings is 1. The van der Waals surface area contributed by atoms with Crippen LogP contribution in [0.5, 0.6) is 0 Å². The van der Waals surface area contributed by atoms with Crippen molar-refractivity contribution in [3.63, 3.8) is 0 Å². The van der Waals surface area contributed by atoms with Crippen LogP contribution in [-0.4, -0.2) is 45.0 Å². The van der Waals surface area contributed by atoms with E-state index in [-0.39, 0.29) is 18.5 Å². The van der Waals surface area contributed by atoms with Gasteiger partial charge < -0.3 is 10.1 Å². The van der Waals surface area contributed by atoms with Crippen molar-refractivity contribution in [2.24, 2.45) is 0 Å². The summed E-state index contributed by atoms with van der Waals surface area (Å²) in [6.07, 6.45) is -0.172. The van der Waals surface area contributed by atoms with Gasteiger partial charge in [-0.25, -0.2) is 9.48 Å². The van der Waals surface area contributed by atoms with E-state index in [1.807, 2.05) is 0 Å². The number of hydrogen-bond donors (Lipinski definition) is 2. The van der Waals surface area contributed by atoms with Gasteiger partial charge in [0.2, 0.25) is 0 Å². The Kier molecular flexibility index (Phi) is 6.22. The topological polar surface area (TPSA) is 132 Å². The van der Waals surface area contributed by atoms with E-state index < -0.39 is 30.1 Å². The third-order valence-corrected chi connectivity index (χ3v) is 3.26. The maximum atomic E-state index is 12.2. The molecule has 1 aromatic heterocycles. The number of amides is 3. The van der Waals surface area contributed by atoms with Gasteiger partial charge in [0.25, 0.3) is 11.5 Å². The predicted octanol–water partition coefficient (Wildman–Crippen LogP) is 0.349. The average Bonchev–Trinajstić information content (AvgIpc) is 2.58. The molecule has 0 fully saturated rings. The average molecular weight is 375 g/mol. The molecule has 144 valence electrons. The molecule has 0 atom stereocenters. The van der Waals surface area contributed by atoms with Gasteiger partial charge in [-0.1, -0.05) is 17.3 Å². The number of esters is 1. The molecule has 2 N–H and O–H groups in total. The van der Waals surface area contributed by atoms with Gasteiger partial charge >= 0.3 is 12.0 Å². The van der Waals surface area contributed by atoms with Crippen molar-refractivity contribution in [1.29, 1.82) is 0 Å². The molecule has 0 aliphatic rings. The first-order valence-electron chi connectivity index (χ1n) is 8.26. The molecule has 0 bridgehead atoms. The van der Waals surface area contributed by atoms with Gasteiger partial charge in [-0.3, -0.25) is 19.7 Å². The normalized spacial score (nSPS) is 11.1. The van der Waals surface area contributed by atoms with E-state index in [0.717, 1.165) is 4.68 Å². The van der Waals surface area contributed by atoms with Gasteiger partial charge in [-0.05, 0) is 32.9 Å². The first kappa shape index (κ1) is 20.0. The third kappa shape index (κ3) is 6.17. The Bertz CT molecular complexity index is 916. The van der Waals surface area contributed by atoms with Gasteiger partial charge in [0.1, 0.15) is 5.52 Å². The molecule has 0 radical (unpaired) electrons. The fraction of sp³-hybridized carbons (Fsp3) is 0.412. The minimum atomic E-state index is -0.757. The molecule has 3 amide bonds. The van der Waals surface area contributed by atoms with E-state index >= 15 is 0 Å². The fourth-order valence-electron chi connectivity index (χ4n) is 2.12. The SMILES string of the molecule is CC(C)(C)NC(=O)NC(=O)COC(=O)CCn1nnc2ccccc2c1=O. The number of urea groups is 1. The van der Waals surface area contributed by atoms with Crippen LogP contribution in [0.25, 0.3) is 10.9 Å². The molecule has 0 saturated heterocycles. The first-order valence-corrected chi connectivity index (χ1v) is 8.26. The second kappa shape index (κ2) is 8.39. The number of hydrogen-bond acceptors (Lipinski definition) is 7. The molecule has 10 nitrogen and oxygen atoms in total. The molecule has 27 heavy (non-hydrogen) atoms. The number of nitrogens with zero attached hydrogens (tertiary/aromatic N) is 3. The van der Waals surface area contributed by atoms with Crippen molar-refractivity contribution < 1.29 is 19.1 Å². The molecular formula is C17H21N5O5. The second-order valence-electron chi connectivity index (χ2n) is 6.80. The number of aryl methyl sites for hydroxylation is 1. The highest BCUT2D eigenvalue weighted by atomic mass is 16.5. The zero-order chi connectivity index (χ0) is 20.0. The highest BCUT2D eigenvalue weighted by Crippen LogP contribution is 2.03. The number of fused-ring (bicyclic) bond motifs is 1. The van der Waals surface area contributed by atoms with Crippen LogP contribution in [0.15, 0.2) is 29.1 Å². The zero-order valence-electron chi connectivity index (χ0n) is 15.3. The van der Waals surface area contributed by atoms with Crippen molar-refractivity contribution >= 4 is 28.8 Å². The molecule has 1 heterocycles. The fourth-order valence-corrected chi connectivity index (χ4v) is 2.12. The second-order valence-corrected chi connectivity index (χ2v) is 6.80. The molecule has 0 spiro atoms. The quantitative estimate of drug-likeness (QED) is 0.721. The summed E-state index contributed by atoms with van der Waals surface area (Å²) in [7, 11) is 0. The lowest BCUT2D eigenvalue weighted by Crippen LogP contribution is -2.49. The molecule has 0 unspecified atom stereocenters. The van der Waals surface area contributed by atoms with Crippen LogP contribution in [-0.2, 0) is 20.9 Å². The molecule has 2 aromatic rings. The molecule has 2 rings (SSSR count). The van der Waals surface area contributed by atoms with Crippen molar-refractivity contribution in [1.82, 2.24) is 25.6 Å². The van der Waals surface area contributed by atoms with E-state index in [1.165, 1.54) is 0 Å². The number of carbonyl (C=O) groups is 3. The summed E-state index contributed by atoms with van der Waals surface area (Å²) in [5, 5.41) is 12.7. The lowest BCUT2D eigenvalue weighted by Gasteiger charge is -2.20. The van der Waals surface area contributed by atoms with Crippen LogP contribution in [0.3, 0.4) is 0 Å². The smallest absolute Gasteiger partial charge is 0.321 e. The minimum Gasteiger partial charge on any atom is -0.456 e. The number of aromatic nitrogens is 3. The lowest BCUT2D eigenvalue weighted by atomic mass is 10.1. The number of carbonyl (C=O) groups excluding carboxylic acids is 3. The summed E-state index contributed by atoms with van der Waals surface area (Å²) in [4.78, 5) is 47.1. The Morgan fingerprint density at radius 2 is 1.89 bits per heavy atom. The Labute approximate surface area is 154 Å². The van der Waals surface area contributed by atoms with Crippen LogP contribution in [0.4, 0.5) is 4.79 Å². The molecule has 1 aromatic carbocycles. The van der Waals surface area contributed by atoms with Gasteiger partial charge in [0.15, 0.2) is 6.61 Å². The van der Waals surface area contributed by atoms with Crippen LogP contribution in [0, 0.1) is 0 Å². The Morgan fingerprint density at radius 3 is 2.59 bits per heavy atom. The highest BCUT2D eigenvalue weighted by Gasteiger charge is 2.16. The van der Waals surface area contributed by atoms with E-state index in [9.17, 15) is 19.2 Å². The van der Waals surface area contributed by atoms with Crippen LogP contribution in [0.2, 0.25) is 0 Å². The van der Waals surface area contributed by atoms with Gasteiger partial charge in [-0.15, -0.1) is 5.10 Å². The van der Waals surface area contributed by atoms with Gasteiger partial charge in [0.05, 0.1) is 18.4 Å². The molecule has 0 aliphatic heterocycles. The largest absolute Gasteiger partial charge is 0.456 e. The summed E-state index contributed by atoms with van der Waals surface area (Å²) in [5.41, 5.74) is -0.411. The summed E-state index contributed by atoms with van der Waals surface area (Å²) in [6.45, 7) is 4.63. The summed E-state index contributed by atoms with van der Waals surface area (Å²) in [5.74, 6) is -1.46. The maximum Gasteiger partial charge on any atom is 0.321 e. The molecular weight excluding hydrogens is 354 g/mol. The molecule has 0 saturated carbocycles. The minimum absolute atomic E-state index is 0.0400. The highest BCUT2D eigenvalue weighted by molar-refractivity contribution is 5.95. The van der Waals surface area contributed by atoms with Crippen LogP contribution in [0.1, 0.15) is 27.2 Å². The van der Waals surface area contributed by atoms with Crippen LogP contribution >= 0.6 is 0 Å². The number of imide groups is 1. The number of ether oxygens (including phenoxy) is 1. The van der Waals surface area contributed by atoms with Crippen molar-refractivity contribution in [2.45, 2.75) is 39.3 Å². The van der Waals surface area contributed by atoms with Crippen molar-refractivity contribution in [3.8, 4) is 0 Å². The van der Waals surface area contributed by atoms with Gasteiger partial charge in [-0.2, -0.15) is 0 Å². The summed E-state index contributed by atoms with van der Waals surface area (Å²) < 4.78 is 5.85. The van der Waals surface area contributed by atoms with Crippen LogP contribution < -0.4 is 16.2 Å². The summed E-state index contributed by atoms with van der Waals surface area (Å²) >= 11 is 0. The number of rotatable bonds is 5. The Balaban J connectivity index is 1.81. The third-order valence-electron chi connectivity index (χ3n) is 3.26. The van der Waals surface area contributed by atoms with E-state index in [4.69, 9.17) is 4.74 Å². The zero-order valence-corrected chi connectivity index (χ0v) is 15.3. The predicted molar refractivity (Wildman–Crippen MR) is 95.8 cm³/mol. The van der Waals surface area contributed by atoms with Crippen molar-refractivity contribution in [2.75, 3.05) is 6.61 Å². The Morgan fingerprint density at radius 1 is 1.19 bits per heavy atom. The van der Waals surface area contributed by atoms with Crippen molar-refractivity contribution in [3.05, 3.63) is 34.6 Å². The monoisotopic (exact) mass is 375 g/mol. The maximum absolute atomic E-state index is 12.2. The lowest BCUT2D eigenvalue weighted by molar-refractivity contribution is -0.148. The first-order chi connectivity index (χ1) is 12.7. The number of nitrogens with one attached hydrogen (secondary N) is 2. The molecule has 0 aliphatic carbocycles. The molecule has 10 heteroatoms. The van der Waals surface area contributed by atoms with E-state index in [0.29, 0.717) is 10.9 Å². The Hall–Kier alpha value is -3.30.